The van der Waals surface area contributed by atoms with Crippen LogP contribution in [0.15, 0.2) is 24.3 Å². The molecule has 0 amide bonds. The van der Waals surface area contributed by atoms with E-state index in [0.29, 0.717) is 6.54 Å². The van der Waals surface area contributed by atoms with Crippen molar-refractivity contribution in [2.45, 2.75) is 45.2 Å². The molecule has 0 spiro atoms. The third-order valence-electron chi connectivity index (χ3n) is 4.06. The van der Waals surface area contributed by atoms with Gasteiger partial charge < -0.3 is 5.73 Å². The molecule has 4 heteroatoms. The van der Waals surface area contributed by atoms with Gasteiger partial charge in [0.25, 0.3) is 6.43 Å². The lowest BCUT2D eigenvalue weighted by Crippen LogP contribution is -2.45. The largest absolute Gasteiger partial charge is 0.329 e. The number of nitrogens with zero attached hydrogens (tertiary/aromatic N) is 1. The van der Waals surface area contributed by atoms with Gasteiger partial charge in [-0.2, -0.15) is 0 Å². The third-order valence-corrected chi connectivity index (χ3v) is 4.06. The molecule has 0 heterocycles. The SMILES string of the molecule is CCC(C)(C)N(C)C(CN)c1cccc(C(F)F)c1. The van der Waals surface area contributed by atoms with Gasteiger partial charge in [0.05, 0.1) is 0 Å². The van der Waals surface area contributed by atoms with Crippen molar-refractivity contribution in [1.29, 1.82) is 0 Å². The van der Waals surface area contributed by atoms with Gasteiger partial charge in [-0.3, -0.25) is 4.90 Å². The zero-order valence-corrected chi connectivity index (χ0v) is 12.2. The van der Waals surface area contributed by atoms with E-state index in [1.165, 1.54) is 6.07 Å². The van der Waals surface area contributed by atoms with Crippen LogP contribution < -0.4 is 5.73 Å². The van der Waals surface area contributed by atoms with Crippen LogP contribution in [0, 0.1) is 0 Å². The Bertz CT molecular complexity index is 405. The first-order chi connectivity index (χ1) is 8.83. The average molecular weight is 270 g/mol. The zero-order valence-electron chi connectivity index (χ0n) is 12.2. The number of halogens is 2. The maximum absolute atomic E-state index is 12.8. The Balaban J connectivity index is 3.06. The Morgan fingerprint density at radius 1 is 1.26 bits per heavy atom. The van der Waals surface area contributed by atoms with Gasteiger partial charge >= 0.3 is 0 Å². The third kappa shape index (κ3) is 3.74. The predicted octanol–water partition coefficient (Wildman–Crippen LogP) is 3.74. The molecule has 1 aromatic carbocycles. The minimum Gasteiger partial charge on any atom is -0.329 e. The van der Waals surface area contributed by atoms with E-state index in [-0.39, 0.29) is 17.1 Å². The monoisotopic (exact) mass is 270 g/mol. The van der Waals surface area contributed by atoms with Crippen LogP contribution >= 0.6 is 0 Å². The fraction of sp³-hybridized carbons (Fsp3) is 0.600. The molecule has 0 aromatic heterocycles. The van der Waals surface area contributed by atoms with Gasteiger partial charge in [-0.1, -0.05) is 25.1 Å². The average Bonchev–Trinajstić information content (AvgIpc) is 2.39. The van der Waals surface area contributed by atoms with Crippen LogP contribution in [0.2, 0.25) is 0 Å². The molecule has 1 unspecified atom stereocenters. The first-order valence-corrected chi connectivity index (χ1v) is 6.64. The number of hydrogen-bond acceptors (Lipinski definition) is 2. The Hall–Kier alpha value is -1.00. The quantitative estimate of drug-likeness (QED) is 0.853. The number of rotatable bonds is 6. The summed E-state index contributed by atoms with van der Waals surface area (Å²) in [6, 6.07) is 6.50. The van der Waals surface area contributed by atoms with Crippen LogP contribution in [0.25, 0.3) is 0 Å². The molecule has 0 fully saturated rings. The minimum atomic E-state index is -2.44. The van der Waals surface area contributed by atoms with Gasteiger partial charge in [0.15, 0.2) is 0 Å². The van der Waals surface area contributed by atoms with E-state index in [2.05, 4.69) is 25.7 Å². The maximum atomic E-state index is 12.8. The molecule has 2 nitrogen and oxygen atoms in total. The number of nitrogens with two attached hydrogens (primary N) is 1. The molecule has 1 aromatic rings. The highest BCUT2D eigenvalue weighted by Crippen LogP contribution is 2.30. The van der Waals surface area contributed by atoms with Gasteiger partial charge in [-0.25, -0.2) is 8.78 Å². The number of hydrogen-bond donors (Lipinski definition) is 1. The second kappa shape index (κ2) is 6.44. The fourth-order valence-corrected chi connectivity index (χ4v) is 2.09. The molecular weight excluding hydrogens is 246 g/mol. The maximum Gasteiger partial charge on any atom is 0.263 e. The summed E-state index contributed by atoms with van der Waals surface area (Å²) in [7, 11) is 2.00. The summed E-state index contributed by atoms with van der Waals surface area (Å²) in [5.41, 5.74) is 6.74. The molecule has 1 atom stereocenters. The molecule has 1 rings (SSSR count). The Morgan fingerprint density at radius 3 is 2.32 bits per heavy atom. The molecule has 0 bridgehead atoms. The standard InChI is InChI=1S/C15H24F2N2/c1-5-15(2,3)19(4)13(10-18)11-7-6-8-12(9-11)14(16)17/h6-9,13-14H,5,10,18H2,1-4H3. The lowest BCUT2D eigenvalue weighted by molar-refractivity contribution is 0.100. The van der Waals surface area contributed by atoms with Crippen LogP contribution in [0.1, 0.15) is 50.8 Å². The molecule has 0 saturated heterocycles. The lowest BCUT2D eigenvalue weighted by Gasteiger charge is -2.40. The normalized spacial score (nSPS) is 14.2. The highest BCUT2D eigenvalue weighted by molar-refractivity contribution is 5.27. The summed E-state index contributed by atoms with van der Waals surface area (Å²) in [6.07, 6.45) is -1.47. The van der Waals surface area contributed by atoms with E-state index in [1.54, 1.807) is 12.1 Å². The van der Waals surface area contributed by atoms with Crippen LogP contribution in [-0.2, 0) is 0 Å². The molecule has 0 aliphatic heterocycles. The molecule has 2 N–H and O–H groups in total. The summed E-state index contributed by atoms with van der Waals surface area (Å²) in [4.78, 5) is 2.16. The van der Waals surface area contributed by atoms with E-state index in [9.17, 15) is 8.78 Å². The van der Waals surface area contributed by atoms with Gasteiger partial charge in [0.2, 0.25) is 0 Å². The number of benzene rings is 1. The van der Waals surface area contributed by atoms with Crippen LogP contribution in [0.4, 0.5) is 8.78 Å². The van der Waals surface area contributed by atoms with E-state index >= 15 is 0 Å². The second-order valence-electron chi connectivity index (χ2n) is 5.50. The van der Waals surface area contributed by atoms with Crippen LogP contribution in [-0.4, -0.2) is 24.0 Å². The van der Waals surface area contributed by atoms with Crippen LogP contribution in [0.3, 0.4) is 0 Å². The van der Waals surface area contributed by atoms with Crippen molar-refractivity contribution in [1.82, 2.24) is 4.90 Å². The van der Waals surface area contributed by atoms with Gasteiger partial charge in [-0.05, 0) is 38.9 Å². The second-order valence-corrected chi connectivity index (χ2v) is 5.50. The molecule has 0 aliphatic rings. The lowest BCUT2D eigenvalue weighted by atomic mass is 9.94. The predicted molar refractivity (Wildman–Crippen MR) is 75.3 cm³/mol. The first-order valence-electron chi connectivity index (χ1n) is 6.64. The molecule has 0 radical (unpaired) electrons. The smallest absolute Gasteiger partial charge is 0.263 e. The van der Waals surface area contributed by atoms with Crippen molar-refractivity contribution < 1.29 is 8.78 Å². The van der Waals surface area contributed by atoms with Crippen molar-refractivity contribution in [3.8, 4) is 0 Å². The highest BCUT2D eigenvalue weighted by Gasteiger charge is 2.28. The van der Waals surface area contributed by atoms with Gasteiger partial charge in [0, 0.05) is 23.7 Å². The summed E-state index contributed by atoms with van der Waals surface area (Å²) in [5, 5.41) is 0. The molecule has 0 aliphatic carbocycles. The Labute approximate surface area is 114 Å². The van der Waals surface area contributed by atoms with Gasteiger partial charge in [-0.15, -0.1) is 0 Å². The number of alkyl halides is 2. The van der Waals surface area contributed by atoms with E-state index in [4.69, 9.17) is 5.73 Å². The fourth-order valence-electron chi connectivity index (χ4n) is 2.09. The summed E-state index contributed by atoms with van der Waals surface area (Å²) in [6.45, 7) is 6.78. The number of likely N-dealkylation sites (N-methyl/N-ethyl adjacent to an activating group) is 1. The Kier molecular flexibility index (Phi) is 5.44. The van der Waals surface area contributed by atoms with Crippen molar-refractivity contribution in [3.63, 3.8) is 0 Å². The van der Waals surface area contributed by atoms with Crippen molar-refractivity contribution in [2.24, 2.45) is 5.73 Å². The van der Waals surface area contributed by atoms with Gasteiger partial charge in [0.1, 0.15) is 0 Å². The molecule has 108 valence electrons. The van der Waals surface area contributed by atoms with E-state index in [0.717, 1.165) is 12.0 Å². The molecule has 19 heavy (non-hydrogen) atoms. The van der Waals surface area contributed by atoms with E-state index in [1.807, 2.05) is 13.1 Å². The topological polar surface area (TPSA) is 29.3 Å². The Morgan fingerprint density at radius 2 is 1.84 bits per heavy atom. The van der Waals surface area contributed by atoms with Crippen molar-refractivity contribution in [3.05, 3.63) is 35.4 Å². The summed E-state index contributed by atoms with van der Waals surface area (Å²) in [5.74, 6) is 0. The zero-order chi connectivity index (χ0) is 14.6. The summed E-state index contributed by atoms with van der Waals surface area (Å²) >= 11 is 0. The first kappa shape index (κ1) is 16.1. The van der Waals surface area contributed by atoms with Crippen molar-refractivity contribution >= 4 is 0 Å². The van der Waals surface area contributed by atoms with Crippen LogP contribution in [0.5, 0.6) is 0 Å². The molecular formula is C15H24F2N2. The van der Waals surface area contributed by atoms with E-state index < -0.39 is 6.43 Å². The molecule has 0 saturated carbocycles. The van der Waals surface area contributed by atoms with Crippen molar-refractivity contribution in [2.75, 3.05) is 13.6 Å². The minimum absolute atomic E-state index is 0.0229. The highest BCUT2D eigenvalue weighted by atomic mass is 19.3. The summed E-state index contributed by atoms with van der Waals surface area (Å²) < 4.78 is 25.5.